The minimum atomic E-state index is -1.17. The Bertz CT molecular complexity index is 852. The number of hydrogen-bond acceptors (Lipinski definition) is 3. The number of hydrogen-bond donors (Lipinski definition) is 2. The number of aromatic nitrogens is 2. The smallest absolute Gasteiger partial charge is 0.251 e. The second-order valence-corrected chi connectivity index (χ2v) is 6.30. The fraction of sp³-hybridized carbons (Fsp3) is 0.200. The molecule has 1 aromatic heterocycles. The fourth-order valence-electron chi connectivity index (χ4n) is 2.60. The summed E-state index contributed by atoms with van der Waals surface area (Å²) in [6.45, 7) is 1.76. The maximum atomic E-state index is 12.3. The molecule has 3 aromatic rings. The molecule has 2 N–H and O–H groups in total. The normalized spacial score (nSPS) is 13.2. The van der Waals surface area contributed by atoms with Gasteiger partial charge in [-0.1, -0.05) is 42.5 Å². The summed E-state index contributed by atoms with van der Waals surface area (Å²) >= 11 is 0. The lowest BCUT2D eigenvalue weighted by molar-refractivity contribution is 0.0526. The average molecular weight is 335 g/mol. The van der Waals surface area contributed by atoms with Crippen LogP contribution in [0.4, 0.5) is 0 Å². The highest BCUT2D eigenvalue weighted by Gasteiger charge is 2.25. The third-order valence-corrected chi connectivity index (χ3v) is 4.17. The summed E-state index contributed by atoms with van der Waals surface area (Å²) in [6, 6.07) is 17.4. The van der Waals surface area contributed by atoms with Gasteiger partial charge in [-0.25, -0.2) is 0 Å². The lowest BCUT2D eigenvalue weighted by atomic mass is 9.99. The third kappa shape index (κ3) is 3.95. The van der Waals surface area contributed by atoms with Crippen molar-refractivity contribution in [3.8, 4) is 11.1 Å². The topological polar surface area (TPSA) is 67.2 Å². The van der Waals surface area contributed by atoms with Crippen molar-refractivity contribution in [1.29, 1.82) is 0 Å². The zero-order valence-corrected chi connectivity index (χ0v) is 14.3. The van der Waals surface area contributed by atoms with Crippen molar-refractivity contribution in [2.45, 2.75) is 12.5 Å². The molecule has 0 aliphatic rings. The molecule has 1 heterocycles. The van der Waals surface area contributed by atoms with Gasteiger partial charge >= 0.3 is 0 Å². The summed E-state index contributed by atoms with van der Waals surface area (Å²) in [5.41, 5.74) is 2.21. The van der Waals surface area contributed by atoms with E-state index in [2.05, 4.69) is 10.4 Å². The molecule has 0 aliphatic heterocycles. The van der Waals surface area contributed by atoms with E-state index < -0.39 is 5.60 Å². The van der Waals surface area contributed by atoms with Crippen LogP contribution in [0.2, 0.25) is 0 Å². The van der Waals surface area contributed by atoms with Crippen molar-refractivity contribution < 1.29 is 9.90 Å². The first-order valence-corrected chi connectivity index (χ1v) is 8.11. The van der Waals surface area contributed by atoms with Crippen molar-refractivity contribution >= 4 is 5.91 Å². The number of nitrogens with zero attached hydrogens (tertiary/aromatic N) is 2. The molecule has 0 bridgehead atoms. The quantitative estimate of drug-likeness (QED) is 0.753. The standard InChI is InChI=1S/C20H21N3O2/c1-20(25,18-12-22-23(2)13-18)14-21-19(24)17-10-8-16(9-11-17)15-6-4-3-5-7-15/h3-13,25H,14H2,1-2H3,(H,21,24). The lowest BCUT2D eigenvalue weighted by Crippen LogP contribution is -2.38. The molecule has 0 fully saturated rings. The van der Waals surface area contributed by atoms with E-state index in [9.17, 15) is 9.90 Å². The number of carbonyl (C=O) groups is 1. The van der Waals surface area contributed by atoms with Crippen LogP contribution in [0.1, 0.15) is 22.8 Å². The SMILES string of the molecule is Cn1cc(C(C)(O)CNC(=O)c2ccc(-c3ccccc3)cc2)cn1. The molecule has 3 rings (SSSR count). The van der Waals surface area contributed by atoms with Crippen LogP contribution in [-0.2, 0) is 12.6 Å². The maximum Gasteiger partial charge on any atom is 0.251 e. The van der Waals surface area contributed by atoms with Crippen LogP contribution >= 0.6 is 0 Å². The Labute approximate surface area is 146 Å². The van der Waals surface area contributed by atoms with E-state index in [1.54, 1.807) is 43.2 Å². The van der Waals surface area contributed by atoms with E-state index in [-0.39, 0.29) is 12.5 Å². The highest BCUT2D eigenvalue weighted by Crippen LogP contribution is 2.20. The number of benzene rings is 2. The molecule has 0 saturated heterocycles. The van der Waals surface area contributed by atoms with E-state index in [1.807, 2.05) is 42.5 Å². The van der Waals surface area contributed by atoms with Gasteiger partial charge < -0.3 is 10.4 Å². The molecule has 1 unspecified atom stereocenters. The van der Waals surface area contributed by atoms with Gasteiger partial charge in [0.1, 0.15) is 5.60 Å². The largest absolute Gasteiger partial charge is 0.383 e. The molecular formula is C20H21N3O2. The zero-order chi connectivity index (χ0) is 17.9. The predicted molar refractivity (Wildman–Crippen MR) is 97.0 cm³/mol. The van der Waals surface area contributed by atoms with Gasteiger partial charge in [-0.15, -0.1) is 0 Å². The van der Waals surface area contributed by atoms with Gasteiger partial charge in [0.05, 0.1) is 12.7 Å². The van der Waals surface area contributed by atoms with Crippen LogP contribution in [0, 0.1) is 0 Å². The average Bonchev–Trinajstić information content (AvgIpc) is 3.08. The van der Waals surface area contributed by atoms with E-state index in [0.29, 0.717) is 11.1 Å². The molecule has 0 radical (unpaired) electrons. The molecule has 0 saturated carbocycles. The summed E-state index contributed by atoms with van der Waals surface area (Å²) in [6.07, 6.45) is 3.33. The van der Waals surface area contributed by atoms with Gasteiger partial charge in [-0.3, -0.25) is 9.48 Å². The number of aliphatic hydroxyl groups is 1. The van der Waals surface area contributed by atoms with Crippen LogP contribution in [0.15, 0.2) is 67.0 Å². The summed E-state index contributed by atoms with van der Waals surface area (Å²) in [4.78, 5) is 12.3. The second kappa shape index (κ2) is 6.91. The summed E-state index contributed by atoms with van der Waals surface area (Å²) in [7, 11) is 1.78. The van der Waals surface area contributed by atoms with Gasteiger partial charge in [0.15, 0.2) is 0 Å². The Hall–Kier alpha value is -2.92. The van der Waals surface area contributed by atoms with Crippen LogP contribution in [0.3, 0.4) is 0 Å². The van der Waals surface area contributed by atoms with Gasteiger partial charge in [-0.2, -0.15) is 5.10 Å². The molecule has 128 valence electrons. The number of amides is 1. The molecule has 0 aliphatic carbocycles. The maximum absolute atomic E-state index is 12.3. The fourth-order valence-corrected chi connectivity index (χ4v) is 2.60. The lowest BCUT2D eigenvalue weighted by Gasteiger charge is -2.22. The highest BCUT2D eigenvalue weighted by molar-refractivity contribution is 5.94. The van der Waals surface area contributed by atoms with Gasteiger partial charge in [0.25, 0.3) is 5.91 Å². The van der Waals surface area contributed by atoms with E-state index in [4.69, 9.17) is 0 Å². The molecule has 1 amide bonds. The van der Waals surface area contributed by atoms with Gasteiger partial charge in [-0.05, 0) is 30.2 Å². The van der Waals surface area contributed by atoms with Crippen LogP contribution in [0.5, 0.6) is 0 Å². The van der Waals surface area contributed by atoms with Crippen LogP contribution in [0.25, 0.3) is 11.1 Å². The van der Waals surface area contributed by atoms with Gasteiger partial charge in [0.2, 0.25) is 0 Å². The Kier molecular flexibility index (Phi) is 4.67. The summed E-state index contributed by atoms with van der Waals surface area (Å²) in [5, 5.41) is 17.4. The second-order valence-electron chi connectivity index (χ2n) is 6.30. The van der Waals surface area contributed by atoms with E-state index in [0.717, 1.165) is 11.1 Å². The third-order valence-electron chi connectivity index (χ3n) is 4.17. The first-order valence-electron chi connectivity index (χ1n) is 8.11. The molecule has 2 aromatic carbocycles. The molecule has 5 nitrogen and oxygen atoms in total. The van der Waals surface area contributed by atoms with Crippen molar-refractivity contribution in [3.05, 3.63) is 78.1 Å². The minimum Gasteiger partial charge on any atom is -0.383 e. The van der Waals surface area contributed by atoms with E-state index in [1.165, 1.54) is 0 Å². The van der Waals surface area contributed by atoms with Crippen LogP contribution in [-0.4, -0.2) is 27.3 Å². The first kappa shape index (κ1) is 16.9. The van der Waals surface area contributed by atoms with Crippen molar-refractivity contribution in [3.63, 3.8) is 0 Å². The Balaban J connectivity index is 1.65. The number of aryl methyl sites for hydroxylation is 1. The summed E-state index contributed by atoms with van der Waals surface area (Å²) < 4.78 is 1.62. The van der Waals surface area contributed by atoms with Crippen molar-refractivity contribution in [2.75, 3.05) is 6.54 Å². The Morgan fingerprint density at radius 1 is 1.12 bits per heavy atom. The first-order chi connectivity index (χ1) is 12.0. The molecular weight excluding hydrogens is 314 g/mol. The molecule has 0 spiro atoms. The molecule has 25 heavy (non-hydrogen) atoms. The predicted octanol–water partition coefficient (Wildman–Crippen LogP) is 2.72. The van der Waals surface area contributed by atoms with Crippen molar-refractivity contribution in [1.82, 2.24) is 15.1 Å². The van der Waals surface area contributed by atoms with Gasteiger partial charge in [0, 0.05) is 24.4 Å². The monoisotopic (exact) mass is 335 g/mol. The highest BCUT2D eigenvalue weighted by atomic mass is 16.3. The number of nitrogens with one attached hydrogen (secondary N) is 1. The van der Waals surface area contributed by atoms with Crippen molar-refractivity contribution in [2.24, 2.45) is 7.05 Å². The minimum absolute atomic E-state index is 0.109. The Morgan fingerprint density at radius 3 is 2.36 bits per heavy atom. The zero-order valence-electron chi connectivity index (χ0n) is 14.3. The molecule has 1 atom stereocenters. The number of carbonyl (C=O) groups excluding carboxylic acids is 1. The summed E-state index contributed by atoms with van der Waals surface area (Å²) in [5.74, 6) is -0.219. The Morgan fingerprint density at radius 2 is 1.76 bits per heavy atom. The van der Waals surface area contributed by atoms with Crippen LogP contribution < -0.4 is 5.32 Å². The number of rotatable bonds is 5. The molecule has 5 heteroatoms. The van der Waals surface area contributed by atoms with E-state index >= 15 is 0 Å².